The third kappa shape index (κ3) is 2.82. The van der Waals surface area contributed by atoms with E-state index in [0.29, 0.717) is 0 Å². The maximum atomic E-state index is 12.1. The van der Waals surface area contributed by atoms with Crippen molar-refractivity contribution in [1.29, 1.82) is 0 Å². The van der Waals surface area contributed by atoms with Gasteiger partial charge in [0.2, 0.25) is 0 Å². The molecule has 0 aliphatic heterocycles. The van der Waals surface area contributed by atoms with E-state index in [4.69, 9.17) is 4.74 Å². The number of hydrogen-bond donors (Lipinski definition) is 1. The summed E-state index contributed by atoms with van der Waals surface area (Å²) in [5.74, 6) is 1.59. The van der Waals surface area contributed by atoms with E-state index in [1.165, 1.54) is 26.4 Å². The zero-order chi connectivity index (χ0) is 12.3. The Hall–Kier alpha value is -0.570. The van der Waals surface area contributed by atoms with Crippen molar-refractivity contribution >= 4 is 5.97 Å². The standard InChI is InChI=1S/C14H25NO2/c1-3-9-15-14(13(16)17-2)8-4-5-12(10-14)11-6-7-11/h11-12,15H,3-10H2,1-2H3. The van der Waals surface area contributed by atoms with E-state index in [1.54, 1.807) is 0 Å². The second-order valence-corrected chi connectivity index (χ2v) is 5.69. The Morgan fingerprint density at radius 3 is 2.71 bits per heavy atom. The van der Waals surface area contributed by atoms with Gasteiger partial charge in [-0.25, -0.2) is 0 Å². The van der Waals surface area contributed by atoms with Crippen LogP contribution in [0.3, 0.4) is 0 Å². The summed E-state index contributed by atoms with van der Waals surface area (Å²) < 4.78 is 5.04. The first-order valence-electron chi connectivity index (χ1n) is 7.05. The minimum atomic E-state index is -0.379. The summed E-state index contributed by atoms with van der Waals surface area (Å²) >= 11 is 0. The van der Waals surface area contributed by atoms with Crippen molar-refractivity contribution in [2.75, 3.05) is 13.7 Å². The molecule has 17 heavy (non-hydrogen) atoms. The maximum Gasteiger partial charge on any atom is 0.326 e. The van der Waals surface area contributed by atoms with Gasteiger partial charge in [-0.2, -0.15) is 0 Å². The van der Waals surface area contributed by atoms with Gasteiger partial charge in [0.15, 0.2) is 0 Å². The lowest BCUT2D eigenvalue weighted by Gasteiger charge is -2.39. The summed E-state index contributed by atoms with van der Waals surface area (Å²) in [4.78, 5) is 12.1. The Balaban J connectivity index is 2.04. The summed E-state index contributed by atoms with van der Waals surface area (Å²) in [6, 6.07) is 0. The summed E-state index contributed by atoms with van der Waals surface area (Å²) in [6.45, 7) is 3.05. The molecule has 2 unspecified atom stereocenters. The van der Waals surface area contributed by atoms with Crippen molar-refractivity contribution in [2.24, 2.45) is 11.8 Å². The van der Waals surface area contributed by atoms with Crippen LogP contribution < -0.4 is 5.32 Å². The zero-order valence-corrected chi connectivity index (χ0v) is 11.1. The van der Waals surface area contributed by atoms with Crippen LogP contribution in [-0.2, 0) is 9.53 Å². The molecule has 2 fully saturated rings. The van der Waals surface area contributed by atoms with E-state index in [1.807, 2.05) is 0 Å². The molecule has 0 amide bonds. The van der Waals surface area contributed by atoms with Crippen molar-refractivity contribution in [3.63, 3.8) is 0 Å². The average molecular weight is 239 g/mol. The Labute approximate surface area is 104 Å². The van der Waals surface area contributed by atoms with Gasteiger partial charge >= 0.3 is 5.97 Å². The molecule has 0 aromatic heterocycles. The Bertz CT molecular complexity index is 275. The monoisotopic (exact) mass is 239 g/mol. The predicted molar refractivity (Wildman–Crippen MR) is 67.7 cm³/mol. The highest BCUT2D eigenvalue weighted by atomic mass is 16.5. The van der Waals surface area contributed by atoms with Crippen LogP contribution in [0.15, 0.2) is 0 Å². The third-order valence-electron chi connectivity index (χ3n) is 4.37. The van der Waals surface area contributed by atoms with Crippen molar-refractivity contribution < 1.29 is 9.53 Å². The first-order valence-corrected chi connectivity index (χ1v) is 7.05. The van der Waals surface area contributed by atoms with Crippen LogP contribution in [0.2, 0.25) is 0 Å². The van der Waals surface area contributed by atoms with Crippen LogP contribution in [0.4, 0.5) is 0 Å². The molecule has 0 aromatic rings. The molecule has 0 saturated heterocycles. The van der Waals surface area contributed by atoms with E-state index in [9.17, 15) is 4.79 Å². The number of esters is 1. The van der Waals surface area contributed by atoms with Crippen molar-refractivity contribution in [2.45, 2.75) is 57.4 Å². The molecule has 98 valence electrons. The predicted octanol–water partition coefficient (Wildman–Crippen LogP) is 2.50. The molecule has 0 radical (unpaired) electrons. The minimum Gasteiger partial charge on any atom is -0.468 e. The fourth-order valence-corrected chi connectivity index (χ4v) is 3.27. The second-order valence-electron chi connectivity index (χ2n) is 5.69. The molecule has 2 aliphatic rings. The van der Waals surface area contributed by atoms with E-state index >= 15 is 0 Å². The number of methoxy groups -OCH3 is 1. The molecule has 0 spiro atoms. The lowest BCUT2D eigenvalue weighted by molar-refractivity contribution is -0.151. The molecule has 3 heteroatoms. The lowest BCUT2D eigenvalue weighted by Crippen LogP contribution is -2.55. The highest BCUT2D eigenvalue weighted by Crippen LogP contribution is 2.46. The molecule has 2 rings (SSSR count). The summed E-state index contributed by atoms with van der Waals surface area (Å²) in [5.41, 5.74) is -0.379. The van der Waals surface area contributed by atoms with E-state index in [-0.39, 0.29) is 11.5 Å². The first-order chi connectivity index (χ1) is 8.22. The number of hydrogen-bond acceptors (Lipinski definition) is 3. The van der Waals surface area contributed by atoms with Crippen LogP contribution in [0.25, 0.3) is 0 Å². The molecule has 0 aromatic carbocycles. The number of rotatable bonds is 5. The van der Waals surface area contributed by atoms with Crippen LogP contribution in [0.5, 0.6) is 0 Å². The van der Waals surface area contributed by atoms with Gasteiger partial charge in [0.05, 0.1) is 7.11 Å². The van der Waals surface area contributed by atoms with Crippen molar-refractivity contribution in [1.82, 2.24) is 5.32 Å². The van der Waals surface area contributed by atoms with Gasteiger partial charge in [-0.05, 0) is 50.5 Å². The molecule has 3 nitrogen and oxygen atoms in total. The van der Waals surface area contributed by atoms with Gasteiger partial charge in [0, 0.05) is 0 Å². The van der Waals surface area contributed by atoms with Gasteiger partial charge < -0.3 is 10.1 Å². The fraction of sp³-hybridized carbons (Fsp3) is 0.929. The third-order valence-corrected chi connectivity index (χ3v) is 4.37. The molecular formula is C14H25NO2. The highest BCUT2D eigenvalue weighted by Gasteiger charge is 2.46. The minimum absolute atomic E-state index is 0.0451. The Morgan fingerprint density at radius 2 is 2.12 bits per heavy atom. The summed E-state index contributed by atoms with van der Waals surface area (Å²) in [7, 11) is 1.51. The van der Waals surface area contributed by atoms with E-state index in [0.717, 1.165) is 44.1 Å². The lowest BCUT2D eigenvalue weighted by atomic mass is 9.73. The second kappa shape index (κ2) is 5.38. The normalized spacial score (nSPS) is 33.4. The van der Waals surface area contributed by atoms with Crippen molar-refractivity contribution in [3.8, 4) is 0 Å². The Morgan fingerprint density at radius 1 is 1.35 bits per heavy atom. The molecule has 2 aliphatic carbocycles. The van der Waals surface area contributed by atoms with Gasteiger partial charge in [-0.3, -0.25) is 4.79 Å². The molecule has 0 bridgehead atoms. The highest BCUT2D eigenvalue weighted by molar-refractivity contribution is 5.81. The van der Waals surface area contributed by atoms with Gasteiger partial charge in [0.1, 0.15) is 5.54 Å². The SMILES string of the molecule is CCCNC1(C(=O)OC)CCCC(C2CC2)C1. The number of carbonyl (C=O) groups excluding carboxylic acids is 1. The Kier molecular flexibility index (Phi) is 4.08. The quantitative estimate of drug-likeness (QED) is 0.749. The van der Waals surface area contributed by atoms with E-state index in [2.05, 4.69) is 12.2 Å². The van der Waals surface area contributed by atoms with Crippen LogP contribution in [-0.4, -0.2) is 25.2 Å². The first kappa shape index (κ1) is 12.9. The zero-order valence-electron chi connectivity index (χ0n) is 11.1. The topological polar surface area (TPSA) is 38.3 Å². The number of carbonyl (C=O) groups is 1. The molecule has 2 saturated carbocycles. The molecule has 2 atom stereocenters. The van der Waals surface area contributed by atoms with Gasteiger partial charge in [-0.15, -0.1) is 0 Å². The maximum absolute atomic E-state index is 12.1. The smallest absolute Gasteiger partial charge is 0.326 e. The summed E-state index contributed by atoms with van der Waals surface area (Å²) in [6.07, 6.45) is 8.20. The van der Waals surface area contributed by atoms with Gasteiger partial charge in [0.25, 0.3) is 0 Å². The molecular weight excluding hydrogens is 214 g/mol. The van der Waals surface area contributed by atoms with Crippen LogP contribution in [0, 0.1) is 11.8 Å². The van der Waals surface area contributed by atoms with Crippen molar-refractivity contribution in [3.05, 3.63) is 0 Å². The average Bonchev–Trinajstić information content (AvgIpc) is 3.20. The van der Waals surface area contributed by atoms with Crippen LogP contribution in [0.1, 0.15) is 51.9 Å². The number of ether oxygens (including phenoxy) is 1. The number of nitrogens with one attached hydrogen (secondary N) is 1. The molecule has 0 heterocycles. The molecule has 1 N–H and O–H groups in total. The summed E-state index contributed by atoms with van der Waals surface area (Å²) in [5, 5.41) is 3.47. The largest absolute Gasteiger partial charge is 0.468 e. The van der Waals surface area contributed by atoms with E-state index < -0.39 is 0 Å². The fourth-order valence-electron chi connectivity index (χ4n) is 3.27. The van der Waals surface area contributed by atoms with Crippen LogP contribution >= 0.6 is 0 Å². The van der Waals surface area contributed by atoms with Gasteiger partial charge in [-0.1, -0.05) is 19.8 Å².